The molecular formula is C23H28N2O3. The van der Waals surface area contributed by atoms with Crippen molar-refractivity contribution < 1.29 is 14.6 Å². The number of carbonyl (C=O) groups is 1. The van der Waals surface area contributed by atoms with Gasteiger partial charge in [-0.05, 0) is 42.5 Å². The smallest absolute Gasteiger partial charge is 0.230 e. The Balaban J connectivity index is 1.35. The maximum Gasteiger partial charge on any atom is 0.230 e. The van der Waals surface area contributed by atoms with Crippen molar-refractivity contribution in [2.45, 2.75) is 38.5 Å². The molecular weight excluding hydrogens is 352 g/mol. The summed E-state index contributed by atoms with van der Waals surface area (Å²) in [7, 11) is 0. The number of nitrogens with zero attached hydrogens (tertiary/aromatic N) is 1. The lowest BCUT2D eigenvalue weighted by Crippen LogP contribution is -2.61. The molecule has 2 fully saturated rings. The minimum absolute atomic E-state index is 0.0145. The van der Waals surface area contributed by atoms with Gasteiger partial charge in [-0.1, -0.05) is 42.5 Å². The molecule has 2 N–H and O–H groups in total. The van der Waals surface area contributed by atoms with E-state index in [2.05, 4.69) is 34.5 Å². The van der Waals surface area contributed by atoms with E-state index in [1.807, 2.05) is 30.3 Å². The molecule has 0 bridgehead atoms. The average molecular weight is 380 g/mol. The van der Waals surface area contributed by atoms with Crippen LogP contribution in [0, 0.1) is 5.41 Å². The second-order valence-electron chi connectivity index (χ2n) is 7.95. The summed E-state index contributed by atoms with van der Waals surface area (Å²) >= 11 is 0. The fourth-order valence-corrected chi connectivity index (χ4v) is 4.35. The number of amides is 1. The third kappa shape index (κ3) is 4.05. The third-order valence-electron chi connectivity index (χ3n) is 5.98. The number of aliphatic hydroxyl groups is 1. The van der Waals surface area contributed by atoms with Gasteiger partial charge in [0, 0.05) is 26.2 Å². The molecule has 0 radical (unpaired) electrons. The van der Waals surface area contributed by atoms with Gasteiger partial charge < -0.3 is 15.2 Å². The highest BCUT2D eigenvalue weighted by molar-refractivity contribution is 5.84. The molecule has 148 valence electrons. The molecule has 2 aromatic rings. The van der Waals surface area contributed by atoms with E-state index >= 15 is 0 Å². The van der Waals surface area contributed by atoms with E-state index in [0.29, 0.717) is 19.6 Å². The van der Waals surface area contributed by atoms with Crippen LogP contribution in [0.1, 0.15) is 30.4 Å². The summed E-state index contributed by atoms with van der Waals surface area (Å²) < 4.78 is 5.86. The maximum absolute atomic E-state index is 12.5. The van der Waals surface area contributed by atoms with Crippen molar-refractivity contribution in [1.29, 1.82) is 0 Å². The monoisotopic (exact) mass is 380 g/mol. The number of carbonyl (C=O) groups excluding carboxylic acids is 1. The summed E-state index contributed by atoms with van der Waals surface area (Å²) in [5.41, 5.74) is 1.69. The Hall–Kier alpha value is -2.37. The first-order valence-corrected chi connectivity index (χ1v) is 10.1. The fourth-order valence-electron chi connectivity index (χ4n) is 4.35. The highest BCUT2D eigenvalue weighted by Crippen LogP contribution is 2.37. The molecule has 2 aromatic carbocycles. The number of hydrogen-bond donors (Lipinski definition) is 2. The predicted octanol–water partition coefficient (Wildman–Crippen LogP) is 2.73. The van der Waals surface area contributed by atoms with E-state index in [-0.39, 0.29) is 5.91 Å². The van der Waals surface area contributed by atoms with Gasteiger partial charge in [0.05, 0.1) is 11.5 Å². The highest BCUT2D eigenvalue weighted by Gasteiger charge is 2.49. The molecule has 0 aliphatic carbocycles. The van der Waals surface area contributed by atoms with E-state index in [4.69, 9.17) is 4.74 Å². The van der Waals surface area contributed by atoms with Crippen LogP contribution < -0.4 is 10.1 Å². The SMILES string of the molecule is O=C1NCCC[C@]12CN(Cc1ccc(OCc3ccccc3)cc1)CC[C@@H]2O. The van der Waals surface area contributed by atoms with E-state index in [1.165, 1.54) is 5.56 Å². The number of benzene rings is 2. The van der Waals surface area contributed by atoms with Gasteiger partial charge in [0.15, 0.2) is 0 Å². The minimum Gasteiger partial charge on any atom is -0.489 e. The number of rotatable bonds is 5. The standard InChI is InChI=1S/C23H28N2O3/c26-21-11-14-25(17-23(21)12-4-13-24-22(23)27)15-18-7-9-20(10-8-18)28-16-19-5-2-1-3-6-19/h1-3,5-10,21,26H,4,11-17H2,(H,24,27)/t21-,23+/m0/s1. The molecule has 2 heterocycles. The molecule has 1 spiro atoms. The Morgan fingerprint density at radius 1 is 1.11 bits per heavy atom. The van der Waals surface area contributed by atoms with Gasteiger partial charge in [0.25, 0.3) is 0 Å². The van der Waals surface area contributed by atoms with Crippen molar-refractivity contribution >= 4 is 5.91 Å². The van der Waals surface area contributed by atoms with Gasteiger partial charge in [-0.15, -0.1) is 0 Å². The molecule has 5 nitrogen and oxygen atoms in total. The first-order chi connectivity index (χ1) is 13.7. The van der Waals surface area contributed by atoms with Crippen molar-refractivity contribution in [2.24, 2.45) is 5.41 Å². The largest absolute Gasteiger partial charge is 0.489 e. The van der Waals surface area contributed by atoms with Crippen LogP contribution in [-0.4, -0.2) is 41.7 Å². The molecule has 0 unspecified atom stereocenters. The minimum atomic E-state index is -0.644. The number of nitrogens with one attached hydrogen (secondary N) is 1. The van der Waals surface area contributed by atoms with Gasteiger partial charge in [-0.25, -0.2) is 0 Å². The lowest BCUT2D eigenvalue weighted by Gasteiger charge is -2.47. The number of ether oxygens (including phenoxy) is 1. The van der Waals surface area contributed by atoms with Crippen LogP contribution in [-0.2, 0) is 17.9 Å². The number of likely N-dealkylation sites (tertiary alicyclic amines) is 1. The van der Waals surface area contributed by atoms with Gasteiger partial charge in [-0.2, -0.15) is 0 Å². The topological polar surface area (TPSA) is 61.8 Å². The first kappa shape index (κ1) is 19.0. The van der Waals surface area contributed by atoms with E-state index in [9.17, 15) is 9.90 Å². The van der Waals surface area contributed by atoms with Crippen LogP contribution in [0.2, 0.25) is 0 Å². The predicted molar refractivity (Wildman–Crippen MR) is 108 cm³/mol. The lowest BCUT2D eigenvalue weighted by atomic mass is 9.71. The zero-order valence-electron chi connectivity index (χ0n) is 16.1. The molecule has 2 aliphatic rings. The molecule has 4 rings (SSSR count). The molecule has 28 heavy (non-hydrogen) atoms. The van der Waals surface area contributed by atoms with Crippen LogP contribution in [0.25, 0.3) is 0 Å². The zero-order valence-corrected chi connectivity index (χ0v) is 16.1. The van der Waals surface area contributed by atoms with Gasteiger partial charge in [0.2, 0.25) is 5.91 Å². The molecule has 5 heteroatoms. The molecule has 1 amide bonds. The average Bonchev–Trinajstić information content (AvgIpc) is 2.73. The number of aliphatic hydroxyl groups excluding tert-OH is 1. The van der Waals surface area contributed by atoms with Crippen molar-refractivity contribution in [3.63, 3.8) is 0 Å². The summed E-state index contributed by atoms with van der Waals surface area (Å²) in [5.74, 6) is 0.866. The van der Waals surface area contributed by atoms with Gasteiger partial charge >= 0.3 is 0 Å². The second kappa shape index (κ2) is 8.33. The van der Waals surface area contributed by atoms with Crippen LogP contribution in [0.3, 0.4) is 0 Å². The fraction of sp³-hybridized carbons (Fsp3) is 0.435. The quantitative estimate of drug-likeness (QED) is 0.837. The Morgan fingerprint density at radius 3 is 2.64 bits per heavy atom. The molecule has 2 atom stereocenters. The lowest BCUT2D eigenvalue weighted by molar-refractivity contribution is -0.149. The summed E-state index contributed by atoms with van der Waals surface area (Å²) in [6.45, 7) is 3.48. The Kier molecular flexibility index (Phi) is 5.64. The summed E-state index contributed by atoms with van der Waals surface area (Å²) in [5, 5.41) is 13.5. The zero-order chi connectivity index (χ0) is 19.4. The Bertz CT molecular complexity index is 793. The first-order valence-electron chi connectivity index (χ1n) is 10.1. The van der Waals surface area contributed by atoms with Crippen LogP contribution in [0.4, 0.5) is 0 Å². The van der Waals surface area contributed by atoms with Crippen molar-refractivity contribution in [3.05, 3.63) is 65.7 Å². The van der Waals surface area contributed by atoms with Crippen molar-refractivity contribution in [2.75, 3.05) is 19.6 Å². The number of hydrogen-bond acceptors (Lipinski definition) is 4. The highest BCUT2D eigenvalue weighted by atomic mass is 16.5. The van der Waals surface area contributed by atoms with Gasteiger partial charge in [-0.3, -0.25) is 9.69 Å². The molecule has 2 aliphatic heterocycles. The molecule has 0 aromatic heterocycles. The van der Waals surface area contributed by atoms with E-state index in [0.717, 1.165) is 43.8 Å². The Labute approximate surface area is 166 Å². The van der Waals surface area contributed by atoms with Crippen molar-refractivity contribution in [1.82, 2.24) is 10.2 Å². The molecule has 2 saturated heterocycles. The third-order valence-corrected chi connectivity index (χ3v) is 5.98. The van der Waals surface area contributed by atoms with E-state index < -0.39 is 11.5 Å². The Morgan fingerprint density at radius 2 is 1.89 bits per heavy atom. The van der Waals surface area contributed by atoms with Crippen LogP contribution in [0.15, 0.2) is 54.6 Å². The summed E-state index contributed by atoms with van der Waals surface area (Å²) in [4.78, 5) is 14.8. The maximum atomic E-state index is 12.5. The molecule has 0 saturated carbocycles. The van der Waals surface area contributed by atoms with Gasteiger partial charge in [0.1, 0.15) is 12.4 Å². The summed E-state index contributed by atoms with van der Waals surface area (Å²) in [6, 6.07) is 18.3. The van der Waals surface area contributed by atoms with Crippen molar-refractivity contribution in [3.8, 4) is 5.75 Å². The van der Waals surface area contributed by atoms with E-state index in [1.54, 1.807) is 0 Å². The van der Waals surface area contributed by atoms with Crippen LogP contribution >= 0.6 is 0 Å². The second-order valence-corrected chi connectivity index (χ2v) is 7.95. The summed E-state index contributed by atoms with van der Waals surface area (Å²) in [6.07, 6.45) is 1.80. The van der Waals surface area contributed by atoms with Crippen LogP contribution in [0.5, 0.6) is 5.75 Å². The number of piperidine rings is 2. The normalized spacial score (nSPS) is 25.5.